The highest BCUT2D eigenvalue weighted by Crippen LogP contribution is 2.37. The Morgan fingerprint density at radius 1 is 1.56 bits per heavy atom. The van der Waals surface area contributed by atoms with Crippen molar-refractivity contribution in [1.82, 2.24) is 25.5 Å². The molecule has 0 radical (unpaired) electrons. The van der Waals surface area contributed by atoms with Crippen molar-refractivity contribution < 1.29 is 4.79 Å². The molecule has 0 unspecified atom stereocenters. The van der Waals surface area contributed by atoms with Gasteiger partial charge in [0.25, 0.3) is 0 Å². The Kier molecular flexibility index (Phi) is 2.15. The molecule has 1 aromatic heterocycles. The summed E-state index contributed by atoms with van der Waals surface area (Å²) in [6.07, 6.45) is 3.30. The molecular formula is C10H15N5O. The molecule has 2 atom stereocenters. The molecule has 1 aromatic rings. The maximum Gasteiger partial charge on any atom is 0.223 e. The van der Waals surface area contributed by atoms with Crippen molar-refractivity contribution in [2.45, 2.75) is 38.8 Å². The summed E-state index contributed by atoms with van der Waals surface area (Å²) >= 11 is 0. The van der Waals surface area contributed by atoms with Crippen LogP contribution >= 0.6 is 0 Å². The minimum atomic E-state index is 0.137. The van der Waals surface area contributed by atoms with E-state index >= 15 is 0 Å². The molecule has 0 aliphatic heterocycles. The number of hydrogen-bond donors (Lipinski definition) is 1. The normalized spacial score (nSPS) is 27.8. The molecule has 2 saturated carbocycles. The fourth-order valence-corrected chi connectivity index (χ4v) is 1.92. The summed E-state index contributed by atoms with van der Waals surface area (Å²) in [5.41, 5.74) is 0. The molecule has 2 aliphatic carbocycles. The molecule has 0 aromatic carbocycles. The topological polar surface area (TPSA) is 72.7 Å². The van der Waals surface area contributed by atoms with Gasteiger partial charge in [0.05, 0.1) is 12.6 Å². The maximum atomic E-state index is 11.6. The van der Waals surface area contributed by atoms with E-state index in [0.717, 1.165) is 25.1 Å². The largest absolute Gasteiger partial charge is 0.348 e. The molecule has 1 heterocycles. The maximum absolute atomic E-state index is 11.6. The molecule has 0 bridgehead atoms. The van der Waals surface area contributed by atoms with Crippen LogP contribution in [0.2, 0.25) is 0 Å². The average Bonchev–Trinajstić information content (AvgIpc) is 3.18. The van der Waals surface area contributed by atoms with E-state index in [0.29, 0.717) is 18.5 Å². The molecule has 2 fully saturated rings. The third-order valence-corrected chi connectivity index (χ3v) is 3.32. The summed E-state index contributed by atoms with van der Waals surface area (Å²) in [5.74, 6) is 1.66. The van der Waals surface area contributed by atoms with Crippen LogP contribution in [0.5, 0.6) is 0 Å². The van der Waals surface area contributed by atoms with E-state index in [1.165, 1.54) is 0 Å². The monoisotopic (exact) mass is 221 g/mol. The summed E-state index contributed by atoms with van der Waals surface area (Å²) in [6, 6.07) is 0.460. The summed E-state index contributed by atoms with van der Waals surface area (Å²) in [5, 5.41) is 14.4. The number of carbonyl (C=O) groups excluding carboxylic acids is 1. The Morgan fingerprint density at radius 3 is 2.94 bits per heavy atom. The van der Waals surface area contributed by atoms with Crippen LogP contribution in [-0.4, -0.2) is 26.1 Å². The van der Waals surface area contributed by atoms with Crippen molar-refractivity contribution in [1.29, 1.82) is 0 Å². The highest BCUT2D eigenvalue weighted by Gasteiger charge is 2.39. The fraction of sp³-hybridized carbons (Fsp3) is 0.800. The van der Waals surface area contributed by atoms with Crippen LogP contribution in [0, 0.1) is 11.8 Å². The third-order valence-electron chi connectivity index (χ3n) is 3.32. The minimum absolute atomic E-state index is 0.137. The minimum Gasteiger partial charge on any atom is -0.348 e. The zero-order valence-corrected chi connectivity index (χ0v) is 9.26. The second-order valence-corrected chi connectivity index (χ2v) is 4.81. The Morgan fingerprint density at radius 2 is 2.31 bits per heavy atom. The quantitative estimate of drug-likeness (QED) is 0.792. The summed E-state index contributed by atoms with van der Waals surface area (Å²) in [7, 11) is 0. The van der Waals surface area contributed by atoms with Gasteiger partial charge in [-0.1, -0.05) is 6.92 Å². The van der Waals surface area contributed by atoms with Crippen LogP contribution in [0.15, 0.2) is 0 Å². The van der Waals surface area contributed by atoms with Gasteiger partial charge in [0, 0.05) is 5.92 Å². The molecule has 2 aliphatic rings. The Bertz CT molecular complexity index is 411. The van der Waals surface area contributed by atoms with Crippen LogP contribution in [0.4, 0.5) is 0 Å². The molecule has 6 heteroatoms. The van der Waals surface area contributed by atoms with Crippen molar-refractivity contribution in [2.24, 2.45) is 11.8 Å². The lowest BCUT2D eigenvalue weighted by Gasteiger charge is -2.04. The third kappa shape index (κ3) is 1.79. The lowest BCUT2D eigenvalue weighted by molar-refractivity contribution is -0.122. The molecule has 0 saturated heterocycles. The number of aromatic nitrogens is 4. The second kappa shape index (κ2) is 3.54. The number of carbonyl (C=O) groups is 1. The molecule has 0 spiro atoms. The van der Waals surface area contributed by atoms with Crippen molar-refractivity contribution in [2.75, 3.05) is 0 Å². The standard InChI is InChI=1S/C10H15N5O/c1-6-4-8(6)10(16)11-5-9-12-13-14-15(9)7-2-3-7/h6-8H,2-5H2,1H3,(H,11,16)/t6-,8-/m0/s1. The lowest BCUT2D eigenvalue weighted by atomic mass is 10.3. The molecule has 3 rings (SSSR count). The van der Waals surface area contributed by atoms with E-state index in [9.17, 15) is 4.79 Å². The molecule has 1 amide bonds. The number of hydrogen-bond acceptors (Lipinski definition) is 4. The first-order chi connectivity index (χ1) is 7.75. The number of nitrogens with zero attached hydrogens (tertiary/aromatic N) is 4. The predicted molar refractivity (Wildman–Crippen MR) is 55.2 cm³/mol. The van der Waals surface area contributed by atoms with Gasteiger partial charge in [0.1, 0.15) is 0 Å². The molecule has 16 heavy (non-hydrogen) atoms. The SMILES string of the molecule is C[C@H]1C[C@@H]1C(=O)NCc1nnnn1C1CC1. The highest BCUT2D eigenvalue weighted by molar-refractivity contribution is 5.81. The Labute approximate surface area is 93.4 Å². The first-order valence-corrected chi connectivity index (χ1v) is 5.80. The van der Waals surface area contributed by atoms with Crippen molar-refractivity contribution in [3.63, 3.8) is 0 Å². The van der Waals surface area contributed by atoms with Crippen molar-refractivity contribution >= 4 is 5.91 Å². The molecule has 6 nitrogen and oxygen atoms in total. The number of tetrazole rings is 1. The van der Waals surface area contributed by atoms with Crippen LogP contribution in [-0.2, 0) is 11.3 Å². The van der Waals surface area contributed by atoms with E-state index in [2.05, 4.69) is 27.8 Å². The number of nitrogens with one attached hydrogen (secondary N) is 1. The van der Waals surface area contributed by atoms with Crippen molar-refractivity contribution in [3.05, 3.63) is 5.82 Å². The number of rotatable bonds is 4. The van der Waals surface area contributed by atoms with E-state index in [-0.39, 0.29) is 11.8 Å². The van der Waals surface area contributed by atoms with E-state index in [1.54, 1.807) is 0 Å². The number of amides is 1. The fourth-order valence-electron chi connectivity index (χ4n) is 1.92. The predicted octanol–water partition coefficient (Wildman–Crippen LogP) is 0.280. The van der Waals surface area contributed by atoms with Crippen LogP contribution in [0.3, 0.4) is 0 Å². The van der Waals surface area contributed by atoms with Crippen LogP contribution < -0.4 is 5.32 Å². The Balaban J connectivity index is 1.57. The summed E-state index contributed by atoms with van der Waals surface area (Å²) in [4.78, 5) is 11.6. The van der Waals surface area contributed by atoms with E-state index in [1.807, 2.05) is 4.68 Å². The van der Waals surface area contributed by atoms with Gasteiger partial charge in [0.2, 0.25) is 5.91 Å². The first kappa shape index (κ1) is 9.74. The van der Waals surface area contributed by atoms with Gasteiger partial charge in [-0.15, -0.1) is 5.10 Å². The summed E-state index contributed by atoms with van der Waals surface area (Å²) in [6.45, 7) is 2.55. The van der Waals surface area contributed by atoms with Crippen LogP contribution in [0.1, 0.15) is 38.1 Å². The van der Waals surface area contributed by atoms with Gasteiger partial charge in [-0.2, -0.15) is 0 Å². The molecule has 1 N–H and O–H groups in total. The molecule has 86 valence electrons. The average molecular weight is 221 g/mol. The van der Waals surface area contributed by atoms with Gasteiger partial charge >= 0.3 is 0 Å². The van der Waals surface area contributed by atoms with Gasteiger partial charge in [-0.05, 0) is 35.6 Å². The van der Waals surface area contributed by atoms with Gasteiger partial charge < -0.3 is 5.32 Å². The second-order valence-electron chi connectivity index (χ2n) is 4.81. The van der Waals surface area contributed by atoms with E-state index < -0.39 is 0 Å². The Hall–Kier alpha value is -1.46. The molecular weight excluding hydrogens is 206 g/mol. The van der Waals surface area contributed by atoms with Gasteiger partial charge in [0.15, 0.2) is 5.82 Å². The van der Waals surface area contributed by atoms with Gasteiger partial charge in [-0.25, -0.2) is 4.68 Å². The zero-order chi connectivity index (χ0) is 11.1. The lowest BCUT2D eigenvalue weighted by Crippen LogP contribution is -2.26. The smallest absolute Gasteiger partial charge is 0.223 e. The summed E-state index contributed by atoms with van der Waals surface area (Å²) < 4.78 is 1.83. The van der Waals surface area contributed by atoms with Crippen LogP contribution in [0.25, 0.3) is 0 Å². The van der Waals surface area contributed by atoms with Gasteiger partial charge in [-0.3, -0.25) is 4.79 Å². The highest BCUT2D eigenvalue weighted by atomic mass is 16.2. The zero-order valence-electron chi connectivity index (χ0n) is 9.26. The first-order valence-electron chi connectivity index (χ1n) is 5.80. The van der Waals surface area contributed by atoms with Crippen molar-refractivity contribution in [3.8, 4) is 0 Å². The van der Waals surface area contributed by atoms with E-state index in [4.69, 9.17) is 0 Å².